The smallest absolute Gasteiger partial charge is 0.261 e. The third kappa shape index (κ3) is 3.72. The van der Waals surface area contributed by atoms with Crippen molar-refractivity contribution in [2.24, 2.45) is 0 Å². The monoisotopic (exact) mass is 382 g/mol. The van der Waals surface area contributed by atoms with Crippen molar-refractivity contribution in [2.45, 2.75) is 11.3 Å². The molecule has 0 spiro atoms. The zero-order chi connectivity index (χ0) is 18.1. The number of benzene rings is 2. The van der Waals surface area contributed by atoms with E-state index in [9.17, 15) is 16.8 Å². The highest BCUT2D eigenvalue weighted by molar-refractivity contribution is 7.93. The zero-order valence-corrected chi connectivity index (χ0v) is 15.2. The largest absolute Gasteiger partial charge is 0.497 e. The fourth-order valence-corrected chi connectivity index (χ4v) is 5.23. The van der Waals surface area contributed by atoms with Crippen LogP contribution in [0, 0.1) is 0 Å². The molecule has 0 aliphatic carbocycles. The van der Waals surface area contributed by atoms with E-state index in [0.717, 1.165) is 0 Å². The summed E-state index contributed by atoms with van der Waals surface area (Å²) in [7, 11) is -5.60. The van der Waals surface area contributed by atoms with Crippen LogP contribution in [-0.4, -0.2) is 36.2 Å². The molecule has 1 fully saturated rings. The Morgan fingerprint density at radius 2 is 1.84 bits per heavy atom. The van der Waals surface area contributed by atoms with Crippen molar-refractivity contribution in [3.8, 4) is 5.75 Å². The fraction of sp³-hybridized carbons (Fsp3) is 0.250. The normalized spacial score (nSPS) is 16.6. The molecule has 25 heavy (non-hydrogen) atoms. The average molecular weight is 382 g/mol. The first-order valence-electron chi connectivity index (χ1n) is 7.59. The molecule has 0 amide bonds. The molecule has 0 radical (unpaired) electrons. The maximum absolute atomic E-state index is 12.5. The van der Waals surface area contributed by atoms with Gasteiger partial charge in [0.25, 0.3) is 10.0 Å². The van der Waals surface area contributed by atoms with Gasteiger partial charge in [0.1, 0.15) is 5.75 Å². The topological polar surface area (TPSA) is 92.8 Å². The molecule has 0 aromatic heterocycles. The lowest BCUT2D eigenvalue weighted by Gasteiger charge is -2.18. The third-order valence-electron chi connectivity index (χ3n) is 3.86. The number of methoxy groups -OCH3 is 1. The molecule has 1 aliphatic heterocycles. The predicted octanol–water partition coefficient (Wildman–Crippen LogP) is 2.04. The average Bonchev–Trinajstić information content (AvgIpc) is 2.94. The van der Waals surface area contributed by atoms with Crippen molar-refractivity contribution >= 4 is 31.4 Å². The minimum atomic E-state index is -3.78. The maximum Gasteiger partial charge on any atom is 0.261 e. The lowest BCUT2D eigenvalue weighted by Crippen LogP contribution is -2.25. The second kappa shape index (κ2) is 6.57. The molecule has 0 bridgehead atoms. The SMILES string of the molecule is COc1ccc(S(=O)(=O)Nc2cccc(N3CCCS3(=O)=O)c2)cc1. The molecule has 0 atom stereocenters. The summed E-state index contributed by atoms with van der Waals surface area (Å²) >= 11 is 0. The lowest BCUT2D eigenvalue weighted by atomic mass is 10.3. The Bertz CT molecular complexity index is 970. The highest BCUT2D eigenvalue weighted by Gasteiger charge is 2.28. The quantitative estimate of drug-likeness (QED) is 0.854. The first-order valence-corrected chi connectivity index (χ1v) is 10.7. The number of hydrogen-bond acceptors (Lipinski definition) is 5. The van der Waals surface area contributed by atoms with Crippen LogP contribution in [0.15, 0.2) is 53.4 Å². The van der Waals surface area contributed by atoms with E-state index >= 15 is 0 Å². The molecule has 7 nitrogen and oxygen atoms in total. The van der Waals surface area contributed by atoms with E-state index in [2.05, 4.69) is 4.72 Å². The van der Waals surface area contributed by atoms with Crippen LogP contribution in [0.1, 0.15) is 6.42 Å². The molecule has 2 aromatic rings. The van der Waals surface area contributed by atoms with Crippen LogP contribution in [0.2, 0.25) is 0 Å². The van der Waals surface area contributed by atoms with Crippen LogP contribution in [0.25, 0.3) is 0 Å². The fourth-order valence-electron chi connectivity index (χ4n) is 2.62. The van der Waals surface area contributed by atoms with Crippen molar-refractivity contribution in [1.29, 1.82) is 0 Å². The summed E-state index contributed by atoms with van der Waals surface area (Å²) in [5.41, 5.74) is 0.753. The molecule has 134 valence electrons. The molecule has 9 heteroatoms. The lowest BCUT2D eigenvalue weighted by molar-refractivity contribution is 0.414. The molecule has 1 aliphatic rings. The van der Waals surface area contributed by atoms with Gasteiger partial charge in [0.2, 0.25) is 10.0 Å². The van der Waals surface area contributed by atoms with Gasteiger partial charge in [-0.25, -0.2) is 16.8 Å². The van der Waals surface area contributed by atoms with E-state index < -0.39 is 20.0 Å². The van der Waals surface area contributed by atoms with E-state index in [0.29, 0.717) is 30.1 Å². The van der Waals surface area contributed by atoms with Crippen molar-refractivity contribution in [3.05, 3.63) is 48.5 Å². The summed E-state index contributed by atoms with van der Waals surface area (Å²) in [6, 6.07) is 12.4. The summed E-state index contributed by atoms with van der Waals surface area (Å²) in [4.78, 5) is 0.0903. The molecule has 1 heterocycles. The van der Waals surface area contributed by atoms with Crippen LogP contribution in [0.4, 0.5) is 11.4 Å². The van der Waals surface area contributed by atoms with Gasteiger partial charge in [-0.3, -0.25) is 9.03 Å². The van der Waals surface area contributed by atoms with Crippen molar-refractivity contribution in [2.75, 3.05) is 28.4 Å². The van der Waals surface area contributed by atoms with E-state index in [1.807, 2.05) is 0 Å². The second-order valence-electron chi connectivity index (χ2n) is 5.57. The summed E-state index contributed by atoms with van der Waals surface area (Å²) in [5.74, 6) is 0.662. The Kier molecular flexibility index (Phi) is 4.61. The molecular formula is C16H18N2O5S2. The summed E-state index contributed by atoms with van der Waals surface area (Å²) < 4.78 is 57.8. The maximum atomic E-state index is 12.5. The van der Waals surface area contributed by atoms with Gasteiger partial charge in [-0.05, 0) is 48.9 Å². The second-order valence-corrected chi connectivity index (χ2v) is 9.27. The van der Waals surface area contributed by atoms with E-state index in [4.69, 9.17) is 4.74 Å². The molecule has 1 saturated heterocycles. The Morgan fingerprint density at radius 1 is 1.12 bits per heavy atom. The molecule has 0 saturated carbocycles. The van der Waals surface area contributed by atoms with Crippen LogP contribution < -0.4 is 13.8 Å². The van der Waals surface area contributed by atoms with Gasteiger partial charge in [-0.2, -0.15) is 0 Å². The number of nitrogens with zero attached hydrogens (tertiary/aromatic N) is 1. The molecule has 1 N–H and O–H groups in total. The summed E-state index contributed by atoms with van der Waals surface area (Å²) in [6.07, 6.45) is 0.560. The van der Waals surface area contributed by atoms with Crippen molar-refractivity contribution in [3.63, 3.8) is 0 Å². The number of sulfonamides is 2. The van der Waals surface area contributed by atoms with Gasteiger partial charge in [-0.1, -0.05) is 6.07 Å². The van der Waals surface area contributed by atoms with Gasteiger partial charge in [0, 0.05) is 6.54 Å². The first kappa shape index (κ1) is 17.6. The minimum Gasteiger partial charge on any atom is -0.497 e. The van der Waals surface area contributed by atoms with Gasteiger partial charge in [-0.15, -0.1) is 0 Å². The standard InChI is InChI=1S/C16H18N2O5S2/c1-23-15-6-8-16(9-7-15)25(21,22)17-13-4-2-5-14(12-13)18-10-3-11-24(18,19)20/h2,4-9,12,17H,3,10-11H2,1H3. The molecular weight excluding hydrogens is 364 g/mol. The van der Waals surface area contributed by atoms with Gasteiger partial charge in [0.05, 0.1) is 29.1 Å². The number of anilines is 2. The van der Waals surface area contributed by atoms with E-state index in [1.54, 1.807) is 30.3 Å². The first-order chi connectivity index (χ1) is 11.8. The van der Waals surface area contributed by atoms with Gasteiger partial charge in [0.15, 0.2) is 0 Å². The number of nitrogens with one attached hydrogen (secondary N) is 1. The third-order valence-corrected chi connectivity index (χ3v) is 7.12. The summed E-state index contributed by atoms with van der Waals surface area (Å²) in [6.45, 7) is 0.400. The van der Waals surface area contributed by atoms with E-state index in [-0.39, 0.29) is 10.6 Å². The highest BCUT2D eigenvalue weighted by Crippen LogP contribution is 2.27. The van der Waals surface area contributed by atoms with Crippen molar-refractivity contribution < 1.29 is 21.6 Å². The number of rotatable bonds is 5. The Morgan fingerprint density at radius 3 is 2.44 bits per heavy atom. The highest BCUT2D eigenvalue weighted by atomic mass is 32.2. The van der Waals surface area contributed by atoms with Crippen LogP contribution >= 0.6 is 0 Å². The zero-order valence-electron chi connectivity index (χ0n) is 13.5. The van der Waals surface area contributed by atoms with Gasteiger partial charge < -0.3 is 4.74 Å². The molecule has 0 unspecified atom stereocenters. The minimum absolute atomic E-state index is 0.0903. The predicted molar refractivity (Wildman–Crippen MR) is 96.0 cm³/mol. The van der Waals surface area contributed by atoms with Gasteiger partial charge >= 0.3 is 0 Å². The number of hydrogen-bond donors (Lipinski definition) is 1. The Hall–Kier alpha value is -2.26. The summed E-state index contributed by atoms with van der Waals surface area (Å²) in [5, 5.41) is 0. The Labute approximate surface area is 147 Å². The van der Waals surface area contributed by atoms with Crippen LogP contribution in [0.5, 0.6) is 5.75 Å². The van der Waals surface area contributed by atoms with Crippen LogP contribution in [-0.2, 0) is 20.0 Å². The number of ether oxygens (including phenoxy) is 1. The Balaban J connectivity index is 1.86. The van der Waals surface area contributed by atoms with E-state index in [1.165, 1.54) is 29.6 Å². The molecule has 3 rings (SSSR count). The van der Waals surface area contributed by atoms with Crippen molar-refractivity contribution in [1.82, 2.24) is 0 Å². The van der Waals surface area contributed by atoms with Crippen LogP contribution in [0.3, 0.4) is 0 Å². The molecule has 2 aromatic carbocycles.